The van der Waals surface area contributed by atoms with E-state index in [1.807, 2.05) is 0 Å². The second kappa shape index (κ2) is 9.30. The van der Waals surface area contributed by atoms with Crippen LogP contribution in [-0.4, -0.2) is 63.3 Å². The lowest BCUT2D eigenvalue weighted by Crippen LogP contribution is -2.49. The summed E-state index contributed by atoms with van der Waals surface area (Å²) >= 11 is 0. The highest BCUT2D eigenvalue weighted by atomic mass is 16.5. The standard InChI is InChI=1S/C13H27N3O2/c1-3-6-14-12-5-4-8-16(10-12)11-13(17)15-7-9-18-2/h12,14H,3-11H2,1-2H3,(H,15,17). The Bertz CT molecular complexity index is 236. The Morgan fingerprint density at radius 3 is 3.00 bits per heavy atom. The molecule has 18 heavy (non-hydrogen) atoms. The Morgan fingerprint density at radius 2 is 2.28 bits per heavy atom. The van der Waals surface area contributed by atoms with Crippen LogP contribution >= 0.6 is 0 Å². The lowest BCUT2D eigenvalue weighted by Gasteiger charge is -2.32. The van der Waals surface area contributed by atoms with Gasteiger partial charge in [-0.25, -0.2) is 0 Å². The molecule has 0 spiro atoms. The molecule has 1 heterocycles. The summed E-state index contributed by atoms with van der Waals surface area (Å²) in [5.41, 5.74) is 0. The van der Waals surface area contributed by atoms with Crippen LogP contribution in [0.4, 0.5) is 0 Å². The second-order valence-electron chi connectivity index (χ2n) is 4.87. The summed E-state index contributed by atoms with van der Waals surface area (Å²) in [5, 5.41) is 6.40. The van der Waals surface area contributed by atoms with Gasteiger partial charge in [0, 0.05) is 26.2 Å². The third-order valence-corrected chi connectivity index (χ3v) is 3.18. The van der Waals surface area contributed by atoms with Crippen LogP contribution in [-0.2, 0) is 9.53 Å². The molecule has 0 aromatic carbocycles. The number of piperidine rings is 1. The normalized spacial score (nSPS) is 20.9. The molecule has 0 aliphatic carbocycles. The molecule has 1 saturated heterocycles. The highest BCUT2D eigenvalue weighted by Crippen LogP contribution is 2.09. The van der Waals surface area contributed by atoms with E-state index in [2.05, 4.69) is 22.5 Å². The zero-order valence-corrected chi connectivity index (χ0v) is 11.7. The zero-order valence-electron chi connectivity index (χ0n) is 11.7. The van der Waals surface area contributed by atoms with Gasteiger partial charge in [0.15, 0.2) is 0 Å². The average molecular weight is 257 g/mol. The van der Waals surface area contributed by atoms with Crippen molar-refractivity contribution in [1.82, 2.24) is 15.5 Å². The molecule has 1 aliphatic rings. The molecule has 1 atom stereocenters. The van der Waals surface area contributed by atoms with Crippen LogP contribution in [0.15, 0.2) is 0 Å². The summed E-state index contributed by atoms with van der Waals surface area (Å²) in [4.78, 5) is 13.9. The highest BCUT2D eigenvalue weighted by molar-refractivity contribution is 5.78. The molecular weight excluding hydrogens is 230 g/mol. The van der Waals surface area contributed by atoms with Crippen molar-refractivity contribution in [3.63, 3.8) is 0 Å². The molecule has 0 radical (unpaired) electrons. The predicted octanol–water partition coefficient (Wildman–Crippen LogP) is 0.213. The van der Waals surface area contributed by atoms with Crippen LogP contribution < -0.4 is 10.6 Å². The molecule has 0 aromatic heterocycles. The number of rotatable bonds is 8. The monoisotopic (exact) mass is 257 g/mol. The van der Waals surface area contributed by atoms with Crippen LogP contribution in [0.2, 0.25) is 0 Å². The Kier molecular flexibility index (Phi) is 7.96. The average Bonchev–Trinajstić information content (AvgIpc) is 2.37. The van der Waals surface area contributed by atoms with Crippen molar-refractivity contribution in [1.29, 1.82) is 0 Å². The zero-order chi connectivity index (χ0) is 13.2. The van der Waals surface area contributed by atoms with Gasteiger partial charge in [-0.3, -0.25) is 9.69 Å². The van der Waals surface area contributed by atoms with Gasteiger partial charge in [-0.1, -0.05) is 6.92 Å². The van der Waals surface area contributed by atoms with Gasteiger partial charge in [-0.05, 0) is 32.4 Å². The maximum atomic E-state index is 11.7. The lowest BCUT2D eigenvalue weighted by molar-refractivity contribution is -0.122. The van der Waals surface area contributed by atoms with Crippen molar-refractivity contribution in [3.05, 3.63) is 0 Å². The molecule has 5 nitrogen and oxygen atoms in total. The van der Waals surface area contributed by atoms with Gasteiger partial charge in [0.25, 0.3) is 0 Å². The van der Waals surface area contributed by atoms with Gasteiger partial charge in [0.1, 0.15) is 0 Å². The molecule has 106 valence electrons. The summed E-state index contributed by atoms with van der Waals surface area (Å²) < 4.78 is 4.91. The maximum absolute atomic E-state index is 11.7. The summed E-state index contributed by atoms with van der Waals surface area (Å²) in [6.07, 6.45) is 3.56. The minimum Gasteiger partial charge on any atom is -0.383 e. The number of carbonyl (C=O) groups is 1. The minimum absolute atomic E-state index is 0.100. The molecule has 1 fully saturated rings. The molecule has 5 heteroatoms. The number of hydrogen-bond donors (Lipinski definition) is 2. The minimum atomic E-state index is 0.100. The van der Waals surface area contributed by atoms with Crippen LogP contribution in [0.25, 0.3) is 0 Å². The smallest absolute Gasteiger partial charge is 0.234 e. The van der Waals surface area contributed by atoms with Gasteiger partial charge < -0.3 is 15.4 Å². The van der Waals surface area contributed by atoms with Crippen molar-refractivity contribution >= 4 is 5.91 Å². The fourth-order valence-electron chi connectivity index (χ4n) is 2.27. The topological polar surface area (TPSA) is 53.6 Å². The Morgan fingerprint density at radius 1 is 1.44 bits per heavy atom. The first-order valence-corrected chi connectivity index (χ1v) is 6.97. The quantitative estimate of drug-likeness (QED) is 0.611. The van der Waals surface area contributed by atoms with Gasteiger partial charge in [0.2, 0.25) is 5.91 Å². The van der Waals surface area contributed by atoms with Crippen LogP contribution in [0.3, 0.4) is 0 Å². The van der Waals surface area contributed by atoms with Crippen LogP contribution in [0, 0.1) is 0 Å². The number of amides is 1. The number of nitrogens with one attached hydrogen (secondary N) is 2. The third kappa shape index (κ3) is 6.33. The molecule has 0 saturated carbocycles. The molecule has 1 rings (SSSR count). The van der Waals surface area contributed by atoms with E-state index in [9.17, 15) is 4.79 Å². The van der Waals surface area contributed by atoms with Gasteiger partial charge >= 0.3 is 0 Å². The summed E-state index contributed by atoms with van der Waals surface area (Å²) in [6, 6.07) is 0.547. The van der Waals surface area contributed by atoms with Crippen LogP contribution in [0.1, 0.15) is 26.2 Å². The van der Waals surface area contributed by atoms with Crippen molar-refractivity contribution in [3.8, 4) is 0 Å². The van der Waals surface area contributed by atoms with E-state index in [-0.39, 0.29) is 5.91 Å². The first kappa shape index (κ1) is 15.4. The maximum Gasteiger partial charge on any atom is 0.234 e. The predicted molar refractivity (Wildman–Crippen MR) is 72.6 cm³/mol. The molecule has 1 unspecified atom stereocenters. The van der Waals surface area contributed by atoms with E-state index in [0.29, 0.717) is 25.7 Å². The summed E-state index contributed by atoms with van der Waals surface area (Å²) in [7, 11) is 1.64. The SMILES string of the molecule is CCCNC1CCCN(CC(=O)NCCOC)C1. The number of nitrogens with zero attached hydrogens (tertiary/aromatic N) is 1. The number of carbonyl (C=O) groups excluding carboxylic acids is 1. The fourth-order valence-corrected chi connectivity index (χ4v) is 2.27. The summed E-state index contributed by atoms with van der Waals surface area (Å²) in [5.74, 6) is 0.100. The summed E-state index contributed by atoms with van der Waals surface area (Å²) in [6.45, 7) is 6.94. The molecule has 0 aromatic rings. The van der Waals surface area contributed by atoms with Gasteiger partial charge in [0.05, 0.1) is 13.2 Å². The van der Waals surface area contributed by atoms with E-state index < -0.39 is 0 Å². The van der Waals surface area contributed by atoms with E-state index in [4.69, 9.17) is 4.74 Å². The Labute approximate surface area is 110 Å². The molecule has 0 bridgehead atoms. The van der Waals surface area contributed by atoms with E-state index in [0.717, 1.165) is 26.1 Å². The van der Waals surface area contributed by atoms with E-state index in [1.54, 1.807) is 7.11 Å². The fraction of sp³-hybridized carbons (Fsp3) is 0.923. The third-order valence-electron chi connectivity index (χ3n) is 3.18. The largest absolute Gasteiger partial charge is 0.383 e. The van der Waals surface area contributed by atoms with Crippen molar-refractivity contribution in [2.45, 2.75) is 32.2 Å². The number of likely N-dealkylation sites (tertiary alicyclic amines) is 1. The van der Waals surface area contributed by atoms with Crippen molar-refractivity contribution < 1.29 is 9.53 Å². The Balaban J connectivity index is 2.18. The first-order valence-electron chi connectivity index (χ1n) is 6.97. The van der Waals surface area contributed by atoms with Gasteiger partial charge in [-0.2, -0.15) is 0 Å². The lowest BCUT2D eigenvalue weighted by atomic mass is 10.1. The second-order valence-corrected chi connectivity index (χ2v) is 4.87. The van der Waals surface area contributed by atoms with Crippen LogP contribution in [0.5, 0.6) is 0 Å². The van der Waals surface area contributed by atoms with Crippen molar-refractivity contribution in [2.24, 2.45) is 0 Å². The van der Waals surface area contributed by atoms with E-state index in [1.165, 1.54) is 12.8 Å². The first-order chi connectivity index (χ1) is 8.76. The Hall–Kier alpha value is -0.650. The number of ether oxygens (including phenoxy) is 1. The number of methoxy groups -OCH3 is 1. The molecule has 2 N–H and O–H groups in total. The van der Waals surface area contributed by atoms with Crippen molar-refractivity contribution in [2.75, 3.05) is 46.4 Å². The molecule has 1 aliphatic heterocycles. The molecular formula is C13H27N3O2. The number of hydrogen-bond acceptors (Lipinski definition) is 4. The van der Waals surface area contributed by atoms with E-state index >= 15 is 0 Å². The highest BCUT2D eigenvalue weighted by Gasteiger charge is 2.20. The van der Waals surface area contributed by atoms with Gasteiger partial charge in [-0.15, -0.1) is 0 Å². The molecule has 1 amide bonds.